The van der Waals surface area contributed by atoms with Gasteiger partial charge in [-0.15, -0.1) is 0 Å². The van der Waals surface area contributed by atoms with E-state index in [0.717, 1.165) is 12.5 Å². The number of likely N-dealkylation sites (tertiary alicyclic amines) is 1. The molecule has 0 aromatic heterocycles. The quantitative estimate of drug-likeness (QED) is 0.833. The number of nitrogens with one attached hydrogen (secondary N) is 1. The van der Waals surface area contributed by atoms with Crippen LogP contribution in [0.1, 0.15) is 67.7 Å². The van der Waals surface area contributed by atoms with E-state index in [2.05, 4.69) is 58.7 Å². The van der Waals surface area contributed by atoms with E-state index in [1.165, 1.54) is 38.9 Å². The van der Waals surface area contributed by atoms with Crippen LogP contribution in [0.2, 0.25) is 0 Å². The maximum Gasteiger partial charge on any atom is 0.0243 e. The van der Waals surface area contributed by atoms with Crippen LogP contribution in [0.25, 0.3) is 0 Å². The van der Waals surface area contributed by atoms with E-state index in [-0.39, 0.29) is 0 Å². The molecule has 2 nitrogen and oxygen atoms in total. The van der Waals surface area contributed by atoms with Crippen molar-refractivity contribution < 1.29 is 0 Å². The van der Waals surface area contributed by atoms with Crippen LogP contribution >= 0.6 is 0 Å². The zero-order valence-corrected chi connectivity index (χ0v) is 15.1. The van der Waals surface area contributed by atoms with Gasteiger partial charge < -0.3 is 10.2 Å². The molecule has 0 aromatic carbocycles. The van der Waals surface area contributed by atoms with Gasteiger partial charge in [-0.25, -0.2) is 0 Å². The van der Waals surface area contributed by atoms with Gasteiger partial charge in [0.25, 0.3) is 0 Å². The average molecular weight is 283 g/mol. The minimum atomic E-state index is 0.339. The van der Waals surface area contributed by atoms with Crippen molar-refractivity contribution in [3.05, 3.63) is 0 Å². The van der Waals surface area contributed by atoms with Crippen LogP contribution in [-0.4, -0.2) is 37.1 Å². The maximum absolute atomic E-state index is 3.69. The van der Waals surface area contributed by atoms with E-state index in [4.69, 9.17) is 0 Å². The number of likely N-dealkylation sites (N-methyl/N-ethyl adjacent to an activating group) is 1. The van der Waals surface area contributed by atoms with Gasteiger partial charge in [-0.2, -0.15) is 0 Å². The van der Waals surface area contributed by atoms with Gasteiger partial charge in [0.2, 0.25) is 0 Å². The Morgan fingerprint density at radius 3 is 2.20 bits per heavy atom. The second-order valence-corrected chi connectivity index (χ2v) is 8.77. The third-order valence-corrected chi connectivity index (χ3v) is 4.98. The Morgan fingerprint density at radius 2 is 1.70 bits per heavy atom. The highest BCUT2D eigenvalue weighted by Crippen LogP contribution is 2.34. The van der Waals surface area contributed by atoms with Crippen molar-refractivity contribution in [3.63, 3.8) is 0 Å². The summed E-state index contributed by atoms with van der Waals surface area (Å²) < 4.78 is 0. The Kier molecular flexibility index (Phi) is 6.53. The van der Waals surface area contributed by atoms with Gasteiger partial charge >= 0.3 is 0 Å². The van der Waals surface area contributed by atoms with Crippen LogP contribution in [0.3, 0.4) is 0 Å². The molecule has 0 radical (unpaired) electrons. The summed E-state index contributed by atoms with van der Waals surface area (Å²) in [5.41, 5.74) is 0.812. The second-order valence-electron chi connectivity index (χ2n) is 8.77. The minimum Gasteiger partial charge on any atom is -0.312 e. The molecular weight excluding hydrogens is 244 g/mol. The van der Waals surface area contributed by atoms with Crippen LogP contribution in [0.4, 0.5) is 0 Å². The molecule has 0 saturated carbocycles. The van der Waals surface area contributed by atoms with Gasteiger partial charge in [-0.3, -0.25) is 0 Å². The number of hydrogen-bond donors (Lipinski definition) is 1. The largest absolute Gasteiger partial charge is 0.312 e. The second kappa shape index (κ2) is 7.26. The Bertz CT molecular complexity index is 272. The fourth-order valence-corrected chi connectivity index (χ4v) is 3.35. The highest BCUT2D eigenvalue weighted by molar-refractivity contribution is 4.85. The standard InChI is InChI=1S/C18H38N2/c1-8-19-16(18(5,6)7)14-20-12-9-10-15(11-13-20)17(2,3)4/h15-16,19H,8-14H2,1-7H3. The first-order chi connectivity index (χ1) is 9.14. The Morgan fingerprint density at radius 1 is 1.05 bits per heavy atom. The normalized spacial score (nSPS) is 24.4. The van der Waals surface area contributed by atoms with Crippen molar-refractivity contribution in [2.24, 2.45) is 16.7 Å². The summed E-state index contributed by atoms with van der Waals surface area (Å²) in [6.07, 6.45) is 4.14. The van der Waals surface area contributed by atoms with Crippen molar-refractivity contribution in [3.8, 4) is 0 Å². The van der Waals surface area contributed by atoms with E-state index in [9.17, 15) is 0 Å². The third-order valence-electron chi connectivity index (χ3n) is 4.98. The zero-order chi connectivity index (χ0) is 15.4. The lowest BCUT2D eigenvalue weighted by Gasteiger charge is -2.36. The fourth-order valence-electron chi connectivity index (χ4n) is 3.35. The number of hydrogen-bond acceptors (Lipinski definition) is 2. The topological polar surface area (TPSA) is 15.3 Å². The number of rotatable bonds is 4. The molecule has 1 aliphatic heterocycles. The summed E-state index contributed by atoms with van der Waals surface area (Å²) in [5, 5.41) is 3.69. The molecule has 0 aliphatic carbocycles. The first-order valence-electron chi connectivity index (χ1n) is 8.60. The molecule has 0 spiro atoms. The van der Waals surface area contributed by atoms with Crippen LogP contribution < -0.4 is 5.32 Å². The van der Waals surface area contributed by atoms with Gasteiger partial charge in [0, 0.05) is 12.6 Å². The average Bonchev–Trinajstić information content (AvgIpc) is 2.52. The highest BCUT2D eigenvalue weighted by atomic mass is 15.2. The van der Waals surface area contributed by atoms with Gasteiger partial charge in [-0.1, -0.05) is 48.5 Å². The van der Waals surface area contributed by atoms with Crippen molar-refractivity contribution in [2.75, 3.05) is 26.2 Å². The summed E-state index contributed by atoms with van der Waals surface area (Å²) in [6.45, 7) is 21.3. The molecule has 2 unspecified atom stereocenters. The molecule has 0 aromatic rings. The fraction of sp³-hybridized carbons (Fsp3) is 1.00. The summed E-state index contributed by atoms with van der Waals surface area (Å²) >= 11 is 0. The first kappa shape index (κ1) is 18.0. The Balaban J connectivity index is 2.56. The lowest BCUT2D eigenvalue weighted by Crippen LogP contribution is -2.48. The van der Waals surface area contributed by atoms with E-state index in [0.29, 0.717) is 16.9 Å². The Labute approximate surface area is 127 Å². The molecule has 1 N–H and O–H groups in total. The number of nitrogens with zero attached hydrogens (tertiary/aromatic N) is 1. The molecule has 1 saturated heterocycles. The SMILES string of the molecule is CCNC(CN1CCCC(C(C)(C)C)CC1)C(C)(C)C. The molecular formula is C18H38N2. The van der Waals surface area contributed by atoms with E-state index >= 15 is 0 Å². The molecule has 20 heavy (non-hydrogen) atoms. The van der Waals surface area contributed by atoms with Gasteiger partial charge in [0.15, 0.2) is 0 Å². The monoisotopic (exact) mass is 282 g/mol. The lowest BCUT2D eigenvalue weighted by molar-refractivity contribution is 0.168. The summed E-state index contributed by atoms with van der Waals surface area (Å²) in [4.78, 5) is 2.70. The smallest absolute Gasteiger partial charge is 0.0243 e. The van der Waals surface area contributed by atoms with Crippen LogP contribution in [0, 0.1) is 16.7 Å². The zero-order valence-electron chi connectivity index (χ0n) is 15.1. The first-order valence-corrected chi connectivity index (χ1v) is 8.60. The van der Waals surface area contributed by atoms with Crippen molar-refractivity contribution in [1.29, 1.82) is 0 Å². The van der Waals surface area contributed by atoms with Gasteiger partial charge in [0.05, 0.1) is 0 Å². The molecule has 0 bridgehead atoms. The van der Waals surface area contributed by atoms with Crippen molar-refractivity contribution in [2.45, 2.75) is 73.8 Å². The Hall–Kier alpha value is -0.0800. The molecule has 120 valence electrons. The summed E-state index contributed by atoms with van der Waals surface area (Å²) in [6, 6.07) is 0.596. The van der Waals surface area contributed by atoms with Crippen molar-refractivity contribution >= 4 is 0 Å². The predicted molar refractivity (Wildman–Crippen MR) is 90.2 cm³/mol. The maximum atomic E-state index is 3.69. The van der Waals surface area contributed by atoms with E-state index < -0.39 is 0 Å². The summed E-state index contributed by atoms with van der Waals surface area (Å²) in [5.74, 6) is 0.889. The molecule has 1 heterocycles. The molecule has 1 rings (SSSR count). The summed E-state index contributed by atoms with van der Waals surface area (Å²) in [7, 11) is 0. The van der Waals surface area contributed by atoms with E-state index in [1.807, 2.05) is 0 Å². The highest BCUT2D eigenvalue weighted by Gasteiger charge is 2.30. The van der Waals surface area contributed by atoms with Gasteiger partial charge in [-0.05, 0) is 55.6 Å². The van der Waals surface area contributed by atoms with E-state index in [1.54, 1.807) is 0 Å². The predicted octanol–water partition coefficient (Wildman–Crippen LogP) is 4.16. The molecule has 1 aliphatic rings. The molecule has 0 amide bonds. The third kappa shape index (κ3) is 5.73. The van der Waals surface area contributed by atoms with Crippen LogP contribution in [0.5, 0.6) is 0 Å². The molecule has 2 atom stereocenters. The molecule has 1 fully saturated rings. The lowest BCUT2D eigenvalue weighted by atomic mass is 9.77. The molecule has 2 heteroatoms. The van der Waals surface area contributed by atoms with Crippen LogP contribution in [0.15, 0.2) is 0 Å². The van der Waals surface area contributed by atoms with Gasteiger partial charge in [0.1, 0.15) is 0 Å². The minimum absolute atomic E-state index is 0.339. The van der Waals surface area contributed by atoms with Crippen molar-refractivity contribution in [1.82, 2.24) is 10.2 Å². The van der Waals surface area contributed by atoms with Crippen LogP contribution in [-0.2, 0) is 0 Å².